The van der Waals surface area contributed by atoms with Gasteiger partial charge in [0.15, 0.2) is 0 Å². The standard InChI is InChI=1S/C11H17BN/c1-11(2,3)10-6-5-9(7-12-4)8-13-10/h5-6,8H,7H2,1-4H3. The Morgan fingerprint density at radius 2 is 2.00 bits per heavy atom. The van der Waals surface area contributed by atoms with Gasteiger partial charge in [-0.15, -0.1) is 0 Å². The van der Waals surface area contributed by atoms with Gasteiger partial charge in [-0.25, -0.2) is 0 Å². The molecule has 1 rings (SSSR count). The highest BCUT2D eigenvalue weighted by Gasteiger charge is 2.14. The second-order valence-corrected chi connectivity index (χ2v) is 4.41. The first-order chi connectivity index (χ1) is 6.04. The van der Waals surface area contributed by atoms with Gasteiger partial charge in [0.2, 0.25) is 0 Å². The Labute approximate surface area is 81.8 Å². The minimum absolute atomic E-state index is 0.161. The zero-order valence-electron chi connectivity index (χ0n) is 8.96. The van der Waals surface area contributed by atoms with Crippen molar-refractivity contribution < 1.29 is 0 Å². The molecule has 1 radical (unpaired) electrons. The molecule has 0 unspecified atom stereocenters. The van der Waals surface area contributed by atoms with Crippen LogP contribution in [0, 0.1) is 0 Å². The third-order valence-corrected chi connectivity index (χ3v) is 2.03. The fraction of sp³-hybridized carbons (Fsp3) is 0.545. The van der Waals surface area contributed by atoms with E-state index in [-0.39, 0.29) is 5.41 Å². The van der Waals surface area contributed by atoms with E-state index in [0.717, 1.165) is 12.0 Å². The molecule has 69 valence electrons. The van der Waals surface area contributed by atoms with Gasteiger partial charge in [-0.2, -0.15) is 0 Å². The van der Waals surface area contributed by atoms with Crippen LogP contribution in [0.4, 0.5) is 0 Å². The highest BCUT2D eigenvalue weighted by Crippen LogP contribution is 2.19. The Bertz CT molecular complexity index is 258. The molecule has 0 aromatic carbocycles. The molecule has 13 heavy (non-hydrogen) atoms. The molecule has 2 heteroatoms. The number of hydrogen-bond donors (Lipinski definition) is 0. The normalized spacial score (nSPS) is 11.4. The Kier molecular flexibility index (Phi) is 3.13. The molecular formula is C11H17BN. The van der Waals surface area contributed by atoms with Crippen LogP contribution in [0.25, 0.3) is 0 Å². The molecule has 0 atom stereocenters. The van der Waals surface area contributed by atoms with Crippen LogP contribution in [0.5, 0.6) is 0 Å². The van der Waals surface area contributed by atoms with Crippen molar-refractivity contribution >= 4 is 7.28 Å². The zero-order chi connectivity index (χ0) is 9.90. The molecule has 0 amide bonds. The van der Waals surface area contributed by atoms with E-state index < -0.39 is 0 Å². The summed E-state index contributed by atoms with van der Waals surface area (Å²) in [6, 6.07) is 4.28. The van der Waals surface area contributed by atoms with Gasteiger partial charge in [0.1, 0.15) is 7.28 Å². The summed E-state index contributed by atoms with van der Waals surface area (Å²) in [5.74, 6) is 0. The Hall–Kier alpha value is -0.785. The average Bonchev–Trinajstić information content (AvgIpc) is 2.04. The maximum atomic E-state index is 4.45. The maximum Gasteiger partial charge on any atom is 0.111 e. The molecule has 0 aliphatic carbocycles. The summed E-state index contributed by atoms with van der Waals surface area (Å²) in [4.78, 5) is 4.45. The fourth-order valence-corrected chi connectivity index (χ4v) is 1.22. The molecular weight excluding hydrogens is 157 g/mol. The second kappa shape index (κ2) is 3.95. The predicted octanol–water partition coefficient (Wildman–Crippen LogP) is 2.63. The van der Waals surface area contributed by atoms with Crippen molar-refractivity contribution in [3.8, 4) is 0 Å². The molecule has 0 aliphatic heterocycles. The quantitative estimate of drug-likeness (QED) is 0.628. The van der Waals surface area contributed by atoms with Crippen LogP contribution in [0.3, 0.4) is 0 Å². The topological polar surface area (TPSA) is 12.9 Å². The molecule has 0 saturated carbocycles. The second-order valence-electron chi connectivity index (χ2n) is 4.41. The van der Waals surface area contributed by atoms with Crippen LogP contribution in [0.1, 0.15) is 32.0 Å². The lowest BCUT2D eigenvalue weighted by Crippen LogP contribution is -2.13. The van der Waals surface area contributed by atoms with Crippen molar-refractivity contribution in [3.05, 3.63) is 29.6 Å². The monoisotopic (exact) mass is 174 g/mol. The van der Waals surface area contributed by atoms with Crippen molar-refractivity contribution in [1.29, 1.82) is 0 Å². The third kappa shape index (κ3) is 2.87. The van der Waals surface area contributed by atoms with Crippen LogP contribution in [-0.4, -0.2) is 12.3 Å². The number of hydrogen-bond acceptors (Lipinski definition) is 1. The molecule has 0 aliphatic rings. The van der Waals surface area contributed by atoms with Crippen molar-refractivity contribution in [2.45, 2.75) is 39.3 Å². The molecule has 1 nitrogen and oxygen atoms in total. The molecule has 0 N–H and O–H groups in total. The molecule has 0 bridgehead atoms. The van der Waals surface area contributed by atoms with Gasteiger partial charge >= 0.3 is 0 Å². The minimum atomic E-state index is 0.161. The van der Waals surface area contributed by atoms with Crippen LogP contribution in [0.2, 0.25) is 6.82 Å². The number of aromatic nitrogens is 1. The lowest BCUT2D eigenvalue weighted by molar-refractivity contribution is 0.568. The van der Waals surface area contributed by atoms with Gasteiger partial charge in [0, 0.05) is 17.3 Å². The summed E-state index contributed by atoms with van der Waals surface area (Å²) >= 11 is 0. The summed E-state index contributed by atoms with van der Waals surface area (Å²) in [6.45, 7) is 8.61. The van der Waals surface area contributed by atoms with Crippen molar-refractivity contribution in [1.82, 2.24) is 4.98 Å². The van der Waals surface area contributed by atoms with Gasteiger partial charge < -0.3 is 0 Å². The van der Waals surface area contributed by atoms with Crippen molar-refractivity contribution in [2.75, 3.05) is 0 Å². The number of nitrogens with zero attached hydrogens (tertiary/aromatic N) is 1. The first-order valence-corrected chi connectivity index (χ1v) is 4.77. The first-order valence-electron chi connectivity index (χ1n) is 4.77. The summed E-state index contributed by atoms with van der Waals surface area (Å²) in [5, 5.41) is 0. The van der Waals surface area contributed by atoms with Gasteiger partial charge in [-0.3, -0.25) is 4.98 Å². The van der Waals surface area contributed by atoms with Crippen molar-refractivity contribution in [2.24, 2.45) is 0 Å². The highest BCUT2D eigenvalue weighted by atomic mass is 14.7. The summed E-state index contributed by atoms with van der Waals surface area (Å²) < 4.78 is 0. The molecule has 1 aromatic heterocycles. The van der Waals surface area contributed by atoms with Crippen LogP contribution >= 0.6 is 0 Å². The van der Waals surface area contributed by atoms with Gasteiger partial charge in [-0.1, -0.05) is 40.0 Å². The smallest absolute Gasteiger partial charge is 0.111 e. The average molecular weight is 174 g/mol. The Morgan fingerprint density at radius 3 is 2.38 bits per heavy atom. The molecule has 1 heterocycles. The van der Waals surface area contributed by atoms with E-state index in [1.165, 1.54) is 5.56 Å². The van der Waals surface area contributed by atoms with E-state index in [9.17, 15) is 0 Å². The van der Waals surface area contributed by atoms with Gasteiger partial charge in [0.25, 0.3) is 0 Å². The molecule has 0 saturated heterocycles. The first kappa shape index (κ1) is 10.3. The summed E-state index contributed by atoms with van der Waals surface area (Å²) in [7, 11) is 2.15. The van der Waals surface area contributed by atoms with E-state index in [2.05, 4.69) is 52.0 Å². The number of rotatable bonds is 2. The van der Waals surface area contributed by atoms with Gasteiger partial charge in [0.05, 0.1) is 0 Å². The number of pyridine rings is 1. The fourth-order valence-electron chi connectivity index (χ4n) is 1.22. The molecule has 1 aromatic rings. The SMILES string of the molecule is C[B]Cc1ccc(C(C)(C)C)nc1. The summed E-state index contributed by atoms with van der Waals surface area (Å²) in [5.41, 5.74) is 2.61. The van der Waals surface area contributed by atoms with E-state index in [4.69, 9.17) is 0 Å². The lowest BCUT2D eigenvalue weighted by atomic mass is 9.75. The van der Waals surface area contributed by atoms with Crippen LogP contribution in [0.15, 0.2) is 18.3 Å². The van der Waals surface area contributed by atoms with Crippen molar-refractivity contribution in [3.63, 3.8) is 0 Å². The van der Waals surface area contributed by atoms with Crippen LogP contribution < -0.4 is 0 Å². The van der Waals surface area contributed by atoms with E-state index in [1.54, 1.807) is 0 Å². The van der Waals surface area contributed by atoms with Gasteiger partial charge in [-0.05, 0) is 11.6 Å². The Morgan fingerprint density at radius 1 is 1.31 bits per heavy atom. The summed E-state index contributed by atoms with van der Waals surface area (Å²) in [6.07, 6.45) is 2.98. The molecule has 0 fully saturated rings. The van der Waals surface area contributed by atoms with E-state index in [1.807, 2.05) is 6.20 Å². The lowest BCUT2D eigenvalue weighted by Gasteiger charge is -2.17. The Balaban J connectivity index is 2.81. The molecule has 0 spiro atoms. The minimum Gasteiger partial charge on any atom is -0.260 e. The third-order valence-electron chi connectivity index (χ3n) is 2.03. The zero-order valence-corrected chi connectivity index (χ0v) is 8.96. The van der Waals surface area contributed by atoms with E-state index in [0.29, 0.717) is 0 Å². The highest BCUT2D eigenvalue weighted by molar-refractivity contribution is 6.32. The largest absolute Gasteiger partial charge is 0.260 e. The van der Waals surface area contributed by atoms with E-state index >= 15 is 0 Å². The maximum absolute atomic E-state index is 4.45. The van der Waals surface area contributed by atoms with Crippen LogP contribution in [-0.2, 0) is 11.7 Å². The predicted molar refractivity (Wildman–Crippen MR) is 58.3 cm³/mol.